The summed E-state index contributed by atoms with van der Waals surface area (Å²) in [6.45, 7) is 8.32. The van der Waals surface area contributed by atoms with Crippen molar-refractivity contribution in [3.05, 3.63) is 28.6 Å². The smallest absolute Gasteiger partial charge is 0.349 e. The number of ether oxygens (including phenoxy) is 1. The van der Waals surface area contributed by atoms with Crippen molar-refractivity contribution in [2.45, 2.75) is 53.2 Å². The molecule has 1 aromatic rings. The van der Waals surface area contributed by atoms with E-state index in [1.807, 2.05) is 26.0 Å². The molecular formula is C17H23N3O3. The molecule has 0 aromatic carbocycles. The third kappa shape index (κ3) is 4.71. The molecule has 0 fully saturated rings. The maximum atomic E-state index is 11.9. The molecule has 0 aliphatic carbocycles. The van der Waals surface area contributed by atoms with Crippen LogP contribution in [-0.2, 0) is 20.9 Å². The molecule has 1 aromatic heterocycles. The first kappa shape index (κ1) is 18.5. The van der Waals surface area contributed by atoms with Gasteiger partial charge in [0.2, 0.25) is 0 Å². The van der Waals surface area contributed by atoms with Crippen molar-refractivity contribution >= 4 is 18.0 Å². The third-order valence-electron chi connectivity index (χ3n) is 3.67. The minimum absolute atomic E-state index is 0.158. The molecule has 1 rings (SSSR count). The van der Waals surface area contributed by atoms with Gasteiger partial charge < -0.3 is 15.0 Å². The summed E-state index contributed by atoms with van der Waals surface area (Å²) in [5.74, 6) is -1.61. The van der Waals surface area contributed by atoms with Crippen LogP contribution in [0, 0.1) is 25.2 Å². The lowest BCUT2D eigenvalue weighted by molar-refractivity contribution is -0.149. The van der Waals surface area contributed by atoms with E-state index in [9.17, 15) is 14.9 Å². The van der Waals surface area contributed by atoms with Crippen molar-refractivity contribution in [2.75, 3.05) is 0 Å². The highest BCUT2D eigenvalue weighted by Gasteiger charge is 2.19. The van der Waals surface area contributed by atoms with E-state index >= 15 is 0 Å². The first-order valence-corrected chi connectivity index (χ1v) is 7.60. The number of hydrogen-bond acceptors (Lipinski definition) is 4. The Morgan fingerprint density at radius 2 is 2.13 bits per heavy atom. The summed E-state index contributed by atoms with van der Waals surface area (Å²) >= 11 is 0. The second-order valence-corrected chi connectivity index (χ2v) is 5.45. The fourth-order valence-corrected chi connectivity index (χ4v) is 2.21. The van der Waals surface area contributed by atoms with Crippen LogP contribution in [0.5, 0.6) is 0 Å². The number of carbonyl (C=O) groups is 2. The van der Waals surface area contributed by atoms with E-state index in [-0.39, 0.29) is 5.57 Å². The Hall–Kier alpha value is -2.55. The van der Waals surface area contributed by atoms with Crippen LogP contribution >= 0.6 is 0 Å². The fourth-order valence-electron chi connectivity index (χ4n) is 2.21. The van der Waals surface area contributed by atoms with Crippen molar-refractivity contribution < 1.29 is 14.3 Å². The molecule has 1 amide bonds. The quantitative estimate of drug-likeness (QED) is 0.473. The second-order valence-electron chi connectivity index (χ2n) is 5.45. The first-order valence-electron chi connectivity index (χ1n) is 7.60. The standard InChI is InChI=1S/C17H23N3O3/c1-5-6-7-20-11(2)8-14(12(20)3)9-15(10-18)17(22)23-13(4)16(19)21/h8-9,13H,5-7H2,1-4H3,(H2,19,21)/b15-9+/t13-/m1/s1. The molecule has 23 heavy (non-hydrogen) atoms. The molecule has 0 saturated heterocycles. The second kappa shape index (κ2) is 8.18. The number of carbonyl (C=O) groups excluding carboxylic acids is 2. The highest BCUT2D eigenvalue weighted by molar-refractivity contribution is 5.99. The summed E-state index contributed by atoms with van der Waals surface area (Å²) in [4.78, 5) is 22.9. The Labute approximate surface area is 136 Å². The number of hydrogen-bond donors (Lipinski definition) is 1. The Kier molecular flexibility index (Phi) is 6.58. The topological polar surface area (TPSA) is 98.1 Å². The largest absolute Gasteiger partial charge is 0.448 e. The van der Waals surface area contributed by atoms with Crippen LogP contribution in [0.2, 0.25) is 0 Å². The van der Waals surface area contributed by atoms with Gasteiger partial charge >= 0.3 is 5.97 Å². The van der Waals surface area contributed by atoms with Gasteiger partial charge in [-0.25, -0.2) is 4.79 Å². The molecular weight excluding hydrogens is 294 g/mol. The molecule has 6 nitrogen and oxygen atoms in total. The summed E-state index contributed by atoms with van der Waals surface area (Å²) in [6.07, 6.45) is 2.56. The van der Waals surface area contributed by atoms with Gasteiger partial charge in [0.05, 0.1) is 0 Å². The zero-order valence-electron chi connectivity index (χ0n) is 14.0. The maximum absolute atomic E-state index is 11.9. The van der Waals surface area contributed by atoms with E-state index < -0.39 is 18.0 Å². The number of amides is 1. The van der Waals surface area contributed by atoms with Crippen LogP contribution in [0.3, 0.4) is 0 Å². The van der Waals surface area contributed by atoms with Gasteiger partial charge in [0, 0.05) is 17.9 Å². The lowest BCUT2D eigenvalue weighted by Gasteiger charge is -2.09. The van der Waals surface area contributed by atoms with Crippen LogP contribution in [0.4, 0.5) is 0 Å². The zero-order valence-corrected chi connectivity index (χ0v) is 14.0. The molecule has 0 aliphatic rings. The fraction of sp³-hybridized carbons (Fsp3) is 0.471. The van der Waals surface area contributed by atoms with Crippen LogP contribution in [0.25, 0.3) is 6.08 Å². The maximum Gasteiger partial charge on any atom is 0.349 e. The number of nitrogens with two attached hydrogens (primary N) is 1. The van der Waals surface area contributed by atoms with Gasteiger partial charge in [-0.3, -0.25) is 4.79 Å². The van der Waals surface area contributed by atoms with E-state index in [1.54, 1.807) is 0 Å². The predicted octanol–water partition coefficient (Wildman–Crippen LogP) is 2.23. The summed E-state index contributed by atoms with van der Waals surface area (Å²) in [5, 5.41) is 9.18. The van der Waals surface area contributed by atoms with Gasteiger partial charge in [0.15, 0.2) is 6.10 Å². The van der Waals surface area contributed by atoms with Crippen molar-refractivity contribution in [1.82, 2.24) is 4.57 Å². The van der Waals surface area contributed by atoms with Crippen molar-refractivity contribution in [3.8, 4) is 6.07 Å². The van der Waals surface area contributed by atoms with Gasteiger partial charge in [0.25, 0.3) is 5.91 Å². The SMILES string of the molecule is CCCCn1c(C)cc(/C=C(\C#N)C(=O)O[C@H](C)C(N)=O)c1C. The number of nitriles is 1. The van der Waals surface area contributed by atoms with Crippen molar-refractivity contribution in [1.29, 1.82) is 5.26 Å². The normalized spacial score (nSPS) is 12.6. The minimum atomic E-state index is -1.07. The number of aryl methyl sites for hydroxylation is 1. The summed E-state index contributed by atoms with van der Waals surface area (Å²) < 4.78 is 7.02. The van der Waals surface area contributed by atoms with Crippen LogP contribution in [0.15, 0.2) is 11.6 Å². The van der Waals surface area contributed by atoms with Crippen LogP contribution in [-0.4, -0.2) is 22.5 Å². The van der Waals surface area contributed by atoms with Gasteiger partial charge in [-0.1, -0.05) is 13.3 Å². The molecule has 0 saturated carbocycles. The number of nitrogens with zero attached hydrogens (tertiary/aromatic N) is 2. The van der Waals surface area contributed by atoms with E-state index in [4.69, 9.17) is 10.5 Å². The number of aromatic nitrogens is 1. The highest BCUT2D eigenvalue weighted by Crippen LogP contribution is 2.19. The van der Waals surface area contributed by atoms with Crippen molar-refractivity contribution in [3.63, 3.8) is 0 Å². The number of primary amides is 1. The van der Waals surface area contributed by atoms with E-state index in [0.717, 1.165) is 36.3 Å². The van der Waals surface area contributed by atoms with Gasteiger partial charge in [0.1, 0.15) is 11.6 Å². The molecule has 2 N–H and O–H groups in total. The molecule has 0 radical (unpaired) electrons. The van der Waals surface area contributed by atoms with Gasteiger partial charge in [-0.2, -0.15) is 5.26 Å². The minimum Gasteiger partial charge on any atom is -0.448 e. The van der Waals surface area contributed by atoms with Gasteiger partial charge in [-0.15, -0.1) is 0 Å². The molecule has 1 heterocycles. The number of rotatable bonds is 7. The number of esters is 1. The van der Waals surface area contributed by atoms with Crippen LogP contribution in [0.1, 0.15) is 43.6 Å². The average Bonchev–Trinajstić information content (AvgIpc) is 2.76. The first-order chi connectivity index (χ1) is 10.8. The molecule has 1 atom stereocenters. The Bertz CT molecular complexity index is 665. The molecule has 0 aliphatic heterocycles. The van der Waals surface area contributed by atoms with Crippen LogP contribution < -0.4 is 5.73 Å². The Balaban J connectivity index is 3.05. The predicted molar refractivity (Wildman–Crippen MR) is 87.2 cm³/mol. The highest BCUT2D eigenvalue weighted by atomic mass is 16.5. The summed E-state index contributed by atoms with van der Waals surface area (Å²) in [7, 11) is 0. The molecule has 0 spiro atoms. The van der Waals surface area contributed by atoms with Gasteiger partial charge in [-0.05, 0) is 44.9 Å². The Morgan fingerprint density at radius 3 is 2.65 bits per heavy atom. The van der Waals surface area contributed by atoms with E-state index in [1.165, 1.54) is 13.0 Å². The van der Waals surface area contributed by atoms with E-state index in [2.05, 4.69) is 11.5 Å². The number of unbranched alkanes of at least 4 members (excludes halogenated alkanes) is 1. The van der Waals surface area contributed by atoms with E-state index in [0.29, 0.717) is 0 Å². The Morgan fingerprint density at radius 1 is 1.48 bits per heavy atom. The zero-order chi connectivity index (χ0) is 17.6. The lowest BCUT2D eigenvalue weighted by atomic mass is 10.1. The summed E-state index contributed by atoms with van der Waals surface area (Å²) in [6, 6.07) is 3.74. The average molecular weight is 317 g/mol. The third-order valence-corrected chi connectivity index (χ3v) is 3.67. The summed E-state index contributed by atoms with van der Waals surface area (Å²) in [5.41, 5.74) is 7.74. The molecule has 6 heteroatoms. The van der Waals surface area contributed by atoms with Crippen molar-refractivity contribution in [2.24, 2.45) is 5.73 Å². The molecule has 0 bridgehead atoms. The monoisotopic (exact) mass is 317 g/mol. The molecule has 0 unspecified atom stereocenters. The lowest BCUT2D eigenvalue weighted by Crippen LogP contribution is -2.30. The molecule has 124 valence electrons.